The molecule has 1 aromatic heterocycles. The first-order valence-electron chi connectivity index (χ1n) is 6.02. The van der Waals surface area contributed by atoms with E-state index < -0.39 is 0 Å². The van der Waals surface area contributed by atoms with Crippen molar-refractivity contribution in [2.24, 2.45) is 0 Å². The molecule has 2 N–H and O–H groups in total. The Morgan fingerprint density at radius 2 is 2.00 bits per heavy atom. The number of rotatable bonds is 5. The Kier molecular flexibility index (Phi) is 4.63. The van der Waals surface area contributed by atoms with Gasteiger partial charge in [-0.05, 0) is 41.1 Å². The maximum Gasteiger partial charge on any atom is 0.121 e. The minimum Gasteiger partial charge on any atom is -0.497 e. The van der Waals surface area contributed by atoms with Gasteiger partial charge in [0.2, 0.25) is 0 Å². The van der Waals surface area contributed by atoms with Crippen LogP contribution in [0, 0.1) is 0 Å². The fourth-order valence-electron chi connectivity index (χ4n) is 1.69. The lowest BCUT2D eigenvalue weighted by molar-refractivity contribution is 0.415. The molecule has 2 aromatic rings. The molecule has 100 valence electrons. The molecule has 0 fully saturated rings. The molecule has 0 spiro atoms. The van der Waals surface area contributed by atoms with Crippen LogP contribution in [0.4, 0.5) is 17.1 Å². The van der Waals surface area contributed by atoms with Crippen LogP contribution in [0.15, 0.2) is 41.1 Å². The fourth-order valence-corrected chi connectivity index (χ4v) is 2.04. The van der Waals surface area contributed by atoms with Gasteiger partial charge in [0.1, 0.15) is 5.75 Å². The zero-order chi connectivity index (χ0) is 13.7. The predicted molar refractivity (Wildman–Crippen MR) is 82.4 cm³/mol. The summed E-state index contributed by atoms with van der Waals surface area (Å²) in [6.07, 6.45) is 3.59. The fraction of sp³-hybridized carbons (Fsp3) is 0.214. The summed E-state index contributed by atoms with van der Waals surface area (Å²) >= 11 is 3.51. The molecule has 0 aliphatic heterocycles. The van der Waals surface area contributed by atoms with Crippen LogP contribution >= 0.6 is 15.9 Å². The van der Waals surface area contributed by atoms with Gasteiger partial charge in [-0.2, -0.15) is 0 Å². The summed E-state index contributed by atoms with van der Waals surface area (Å²) in [5.74, 6) is 0.807. The highest BCUT2D eigenvalue weighted by Crippen LogP contribution is 2.30. The third-order valence-corrected chi connectivity index (χ3v) is 3.26. The highest BCUT2D eigenvalue weighted by atomic mass is 79.9. The van der Waals surface area contributed by atoms with Crippen molar-refractivity contribution in [1.82, 2.24) is 4.98 Å². The number of hydrogen-bond donors (Lipinski definition) is 2. The van der Waals surface area contributed by atoms with Gasteiger partial charge in [0.15, 0.2) is 0 Å². The average Bonchev–Trinajstić information content (AvgIpc) is 2.42. The number of pyridine rings is 1. The van der Waals surface area contributed by atoms with Crippen LogP contribution in [0.3, 0.4) is 0 Å². The first-order chi connectivity index (χ1) is 9.22. The summed E-state index contributed by atoms with van der Waals surface area (Å²) in [6, 6.07) is 7.80. The molecule has 0 aliphatic rings. The van der Waals surface area contributed by atoms with Crippen molar-refractivity contribution in [3.8, 4) is 5.75 Å². The molecule has 0 atom stereocenters. The van der Waals surface area contributed by atoms with Crippen LogP contribution in [-0.2, 0) is 0 Å². The van der Waals surface area contributed by atoms with Gasteiger partial charge in [-0.1, -0.05) is 0 Å². The molecule has 5 heteroatoms. The normalized spacial score (nSPS) is 10.1. The Labute approximate surface area is 121 Å². The third kappa shape index (κ3) is 3.61. The summed E-state index contributed by atoms with van der Waals surface area (Å²) in [5.41, 5.74) is 2.86. The van der Waals surface area contributed by atoms with E-state index in [0.29, 0.717) is 0 Å². The summed E-state index contributed by atoms with van der Waals surface area (Å²) < 4.78 is 6.20. The smallest absolute Gasteiger partial charge is 0.121 e. The topological polar surface area (TPSA) is 46.2 Å². The molecule has 0 amide bonds. The number of benzene rings is 1. The maximum atomic E-state index is 5.22. The lowest BCUT2D eigenvalue weighted by Crippen LogP contribution is -1.99. The number of ether oxygens (including phenoxy) is 1. The summed E-state index contributed by atoms with van der Waals surface area (Å²) in [5, 5.41) is 6.55. The van der Waals surface area contributed by atoms with Crippen molar-refractivity contribution in [2.75, 3.05) is 24.3 Å². The number of methoxy groups -OCH3 is 1. The minimum absolute atomic E-state index is 0.807. The summed E-state index contributed by atoms with van der Waals surface area (Å²) in [4.78, 5) is 4.20. The molecule has 0 saturated heterocycles. The van der Waals surface area contributed by atoms with Crippen molar-refractivity contribution in [2.45, 2.75) is 6.92 Å². The van der Waals surface area contributed by atoms with E-state index in [-0.39, 0.29) is 0 Å². The van der Waals surface area contributed by atoms with E-state index >= 15 is 0 Å². The van der Waals surface area contributed by atoms with E-state index in [2.05, 4.69) is 38.5 Å². The molecule has 0 saturated carbocycles. The van der Waals surface area contributed by atoms with Gasteiger partial charge in [-0.15, -0.1) is 0 Å². The van der Waals surface area contributed by atoms with Crippen molar-refractivity contribution < 1.29 is 4.74 Å². The van der Waals surface area contributed by atoms with Crippen LogP contribution in [0.5, 0.6) is 5.75 Å². The number of aromatic nitrogens is 1. The molecule has 1 aromatic carbocycles. The number of nitrogens with zero attached hydrogens (tertiary/aromatic N) is 1. The second-order valence-electron chi connectivity index (χ2n) is 3.96. The number of hydrogen-bond acceptors (Lipinski definition) is 4. The first-order valence-corrected chi connectivity index (χ1v) is 6.81. The molecular formula is C14H16BrN3O. The van der Waals surface area contributed by atoms with E-state index in [1.165, 1.54) is 0 Å². The van der Waals surface area contributed by atoms with Crippen LogP contribution in [-0.4, -0.2) is 18.6 Å². The molecule has 19 heavy (non-hydrogen) atoms. The molecule has 1 heterocycles. The Bertz CT molecular complexity index is 560. The van der Waals surface area contributed by atoms with Gasteiger partial charge in [-0.25, -0.2) is 0 Å². The standard InChI is InChI=1S/C14H16BrN3O/c1-3-17-10-6-11(9-16-8-10)18-14-7-12(19-2)4-5-13(14)15/h4-9,17-18H,3H2,1-2H3. The highest BCUT2D eigenvalue weighted by molar-refractivity contribution is 9.10. The number of nitrogens with one attached hydrogen (secondary N) is 2. The van der Waals surface area contributed by atoms with Crippen molar-refractivity contribution >= 4 is 33.0 Å². The summed E-state index contributed by atoms with van der Waals surface area (Å²) in [6.45, 7) is 2.92. The zero-order valence-corrected chi connectivity index (χ0v) is 12.5. The van der Waals surface area contributed by atoms with Crippen molar-refractivity contribution in [3.63, 3.8) is 0 Å². The Morgan fingerprint density at radius 3 is 2.74 bits per heavy atom. The SMILES string of the molecule is CCNc1cncc(Nc2cc(OC)ccc2Br)c1. The van der Waals surface area contributed by atoms with E-state index in [1.807, 2.05) is 24.3 Å². The maximum absolute atomic E-state index is 5.22. The van der Waals surface area contributed by atoms with Crippen molar-refractivity contribution in [1.29, 1.82) is 0 Å². The lowest BCUT2D eigenvalue weighted by atomic mass is 10.3. The summed E-state index contributed by atoms with van der Waals surface area (Å²) in [7, 11) is 1.65. The molecular weight excluding hydrogens is 306 g/mol. The Morgan fingerprint density at radius 1 is 1.21 bits per heavy atom. The molecule has 0 unspecified atom stereocenters. The number of anilines is 3. The Hall–Kier alpha value is -1.75. The molecule has 0 radical (unpaired) electrons. The van der Waals surface area contributed by atoms with Gasteiger partial charge in [0, 0.05) is 17.1 Å². The van der Waals surface area contributed by atoms with Crippen LogP contribution in [0.25, 0.3) is 0 Å². The lowest BCUT2D eigenvalue weighted by Gasteiger charge is -2.11. The van der Waals surface area contributed by atoms with Gasteiger partial charge >= 0.3 is 0 Å². The zero-order valence-electron chi connectivity index (χ0n) is 10.9. The molecule has 2 rings (SSSR count). The van der Waals surface area contributed by atoms with Crippen LogP contribution in [0.1, 0.15) is 6.92 Å². The molecule has 4 nitrogen and oxygen atoms in total. The van der Waals surface area contributed by atoms with Gasteiger partial charge in [0.05, 0.1) is 36.6 Å². The second kappa shape index (κ2) is 6.43. The molecule has 0 aliphatic carbocycles. The van der Waals surface area contributed by atoms with Crippen LogP contribution in [0.2, 0.25) is 0 Å². The third-order valence-electron chi connectivity index (χ3n) is 2.57. The van der Waals surface area contributed by atoms with Crippen molar-refractivity contribution in [3.05, 3.63) is 41.1 Å². The van der Waals surface area contributed by atoms with Gasteiger partial charge in [-0.3, -0.25) is 4.98 Å². The predicted octanol–water partition coefficient (Wildman–Crippen LogP) is 4.03. The van der Waals surface area contributed by atoms with E-state index in [0.717, 1.165) is 33.8 Å². The molecule has 0 bridgehead atoms. The second-order valence-corrected chi connectivity index (χ2v) is 4.82. The van der Waals surface area contributed by atoms with E-state index in [4.69, 9.17) is 4.74 Å². The minimum atomic E-state index is 0.807. The van der Waals surface area contributed by atoms with E-state index in [1.54, 1.807) is 19.5 Å². The quantitative estimate of drug-likeness (QED) is 0.872. The number of halogens is 1. The monoisotopic (exact) mass is 321 g/mol. The Balaban J connectivity index is 2.22. The van der Waals surface area contributed by atoms with Crippen LogP contribution < -0.4 is 15.4 Å². The van der Waals surface area contributed by atoms with Gasteiger partial charge < -0.3 is 15.4 Å². The van der Waals surface area contributed by atoms with Gasteiger partial charge in [0.25, 0.3) is 0 Å². The largest absolute Gasteiger partial charge is 0.497 e. The average molecular weight is 322 g/mol. The first kappa shape index (κ1) is 13.7. The highest BCUT2D eigenvalue weighted by Gasteiger charge is 2.03. The van der Waals surface area contributed by atoms with E-state index in [9.17, 15) is 0 Å².